The smallest absolute Gasteiger partial charge is 0.328 e. The lowest BCUT2D eigenvalue weighted by atomic mass is 10.1. The molecule has 1 N–H and O–H groups in total. The molecule has 9 heteroatoms. The lowest BCUT2D eigenvalue weighted by Gasteiger charge is -2.21. The molecular weight excluding hydrogens is 392 g/mol. The Hall–Kier alpha value is -3.72. The molecule has 0 saturated heterocycles. The van der Waals surface area contributed by atoms with Crippen LogP contribution in [0.4, 0.5) is 5.69 Å². The maximum atomic E-state index is 12.3. The van der Waals surface area contributed by atoms with Gasteiger partial charge in [0.2, 0.25) is 5.91 Å². The molecule has 2 aromatic rings. The van der Waals surface area contributed by atoms with E-state index >= 15 is 0 Å². The van der Waals surface area contributed by atoms with Crippen molar-refractivity contribution >= 4 is 23.6 Å². The molecule has 0 aromatic heterocycles. The van der Waals surface area contributed by atoms with E-state index in [1.165, 1.54) is 25.1 Å². The third-order valence-corrected chi connectivity index (χ3v) is 4.29. The molecule has 1 atom stereocenters. The van der Waals surface area contributed by atoms with Gasteiger partial charge >= 0.3 is 5.97 Å². The number of hydrogen-bond acceptors (Lipinski definition) is 7. The fraction of sp³-hybridized carbons (Fsp3) is 0.238. The summed E-state index contributed by atoms with van der Waals surface area (Å²) in [7, 11) is 0. The zero-order valence-corrected chi connectivity index (χ0v) is 16.2. The van der Waals surface area contributed by atoms with E-state index in [9.17, 15) is 19.7 Å². The number of carbonyl (C=O) groups is 2. The van der Waals surface area contributed by atoms with Crippen LogP contribution < -0.4 is 10.1 Å². The predicted octanol–water partition coefficient (Wildman–Crippen LogP) is 2.72. The summed E-state index contributed by atoms with van der Waals surface area (Å²) in [6, 6.07) is 11.0. The Bertz CT molecular complexity index is 973. The maximum Gasteiger partial charge on any atom is 0.328 e. The second-order valence-electron chi connectivity index (χ2n) is 6.54. The Morgan fingerprint density at radius 2 is 2.07 bits per heavy atom. The molecule has 0 spiro atoms. The number of nitro groups is 1. The van der Waals surface area contributed by atoms with Crippen molar-refractivity contribution in [2.75, 3.05) is 6.79 Å². The molecule has 1 aliphatic heterocycles. The summed E-state index contributed by atoms with van der Waals surface area (Å²) in [6.45, 7) is 1.43. The number of rotatable bonds is 7. The molecule has 1 heterocycles. The second kappa shape index (κ2) is 9.66. The van der Waals surface area contributed by atoms with Gasteiger partial charge in [-0.05, 0) is 18.6 Å². The van der Waals surface area contributed by atoms with Gasteiger partial charge in [0.1, 0.15) is 18.4 Å². The summed E-state index contributed by atoms with van der Waals surface area (Å²) >= 11 is 0. The van der Waals surface area contributed by atoms with Crippen molar-refractivity contribution in [1.29, 1.82) is 0 Å². The molecule has 156 valence electrons. The highest BCUT2D eigenvalue weighted by Crippen LogP contribution is 2.33. The molecule has 1 amide bonds. The van der Waals surface area contributed by atoms with Gasteiger partial charge in [0.25, 0.3) is 5.69 Å². The number of hydrogen-bond donors (Lipinski definition) is 1. The van der Waals surface area contributed by atoms with Crippen LogP contribution in [0, 0.1) is 10.1 Å². The summed E-state index contributed by atoms with van der Waals surface area (Å²) in [6.07, 6.45) is 2.95. The van der Waals surface area contributed by atoms with Crippen LogP contribution in [0.25, 0.3) is 6.08 Å². The number of non-ortho nitro benzene ring substituents is 1. The second-order valence-corrected chi connectivity index (χ2v) is 6.54. The van der Waals surface area contributed by atoms with Crippen LogP contribution >= 0.6 is 0 Å². The van der Waals surface area contributed by atoms with Crippen LogP contribution in [0.5, 0.6) is 5.75 Å². The van der Waals surface area contributed by atoms with Crippen LogP contribution in [0.1, 0.15) is 23.6 Å². The van der Waals surface area contributed by atoms with Gasteiger partial charge in [-0.2, -0.15) is 0 Å². The number of esters is 1. The van der Waals surface area contributed by atoms with E-state index in [2.05, 4.69) is 5.32 Å². The number of ether oxygens (including phenoxy) is 3. The Balaban J connectivity index is 1.59. The summed E-state index contributed by atoms with van der Waals surface area (Å²) < 4.78 is 15.8. The summed E-state index contributed by atoms with van der Waals surface area (Å²) in [5.41, 5.74) is 1.57. The number of nitrogens with zero attached hydrogens (tertiary/aromatic N) is 1. The molecule has 0 unspecified atom stereocenters. The molecule has 30 heavy (non-hydrogen) atoms. The molecule has 0 radical (unpaired) electrons. The molecule has 9 nitrogen and oxygen atoms in total. The maximum absolute atomic E-state index is 12.3. The minimum absolute atomic E-state index is 0.00592. The normalized spacial score (nSPS) is 13.8. The molecule has 3 rings (SSSR count). The first-order valence-electron chi connectivity index (χ1n) is 9.15. The molecule has 0 fully saturated rings. The van der Waals surface area contributed by atoms with Crippen molar-refractivity contribution in [2.45, 2.75) is 26.2 Å². The Labute approximate surface area is 172 Å². The quantitative estimate of drug-likeness (QED) is 0.322. The van der Waals surface area contributed by atoms with E-state index in [0.29, 0.717) is 16.9 Å². The minimum Gasteiger partial charge on any atom is -0.467 e. The van der Waals surface area contributed by atoms with E-state index in [1.807, 2.05) is 30.3 Å². The highest BCUT2D eigenvalue weighted by Gasteiger charge is 2.23. The van der Waals surface area contributed by atoms with Gasteiger partial charge < -0.3 is 19.5 Å². The standard InChI is InChI=1S/C21H20N2O7/c1-14(22-19(24)8-7-15-5-3-2-4-6-15)21(25)29-12-17-10-18(23(26)27)9-16-11-28-13-30-20(16)17/h2-10,14H,11-13H2,1H3,(H,22,24)/b8-7+/t14-/m0/s1. The first kappa shape index (κ1) is 21.0. The fourth-order valence-electron chi connectivity index (χ4n) is 2.82. The Morgan fingerprint density at radius 1 is 1.30 bits per heavy atom. The topological polar surface area (TPSA) is 117 Å². The van der Waals surface area contributed by atoms with Gasteiger partial charge in [0.15, 0.2) is 6.79 Å². The van der Waals surface area contributed by atoms with E-state index in [-0.39, 0.29) is 25.7 Å². The van der Waals surface area contributed by atoms with Gasteiger partial charge in [-0.25, -0.2) is 4.79 Å². The number of nitro benzene ring substituents is 1. The average Bonchev–Trinajstić information content (AvgIpc) is 2.76. The largest absolute Gasteiger partial charge is 0.467 e. The molecule has 0 aliphatic carbocycles. The van der Waals surface area contributed by atoms with Gasteiger partial charge in [0, 0.05) is 29.3 Å². The highest BCUT2D eigenvalue weighted by molar-refractivity contribution is 5.94. The van der Waals surface area contributed by atoms with Gasteiger partial charge in [-0.15, -0.1) is 0 Å². The Morgan fingerprint density at radius 3 is 2.80 bits per heavy atom. The van der Waals surface area contributed by atoms with Crippen LogP contribution in [0.15, 0.2) is 48.5 Å². The third kappa shape index (κ3) is 5.42. The molecular formula is C21H20N2O7. The number of benzene rings is 2. The average molecular weight is 412 g/mol. The summed E-state index contributed by atoms with van der Waals surface area (Å²) in [5, 5.41) is 13.7. The zero-order chi connectivity index (χ0) is 21.5. The first-order valence-corrected chi connectivity index (χ1v) is 9.15. The van der Waals surface area contributed by atoms with Crippen molar-refractivity contribution in [3.8, 4) is 5.75 Å². The number of carbonyl (C=O) groups excluding carboxylic acids is 2. The molecule has 0 saturated carbocycles. The highest BCUT2D eigenvalue weighted by atomic mass is 16.7. The van der Waals surface area contributed by atoms with Crippen molar-refractivity contribution in [3.63, 3.8) is 0 Å². The number of amides is 1. The number of fused-ring (bicyclic) bond motifs is 1. The molecule has 1 aliphatic rings. The first-order chi connectivity index (χ1) is 14.4. The fourth-order valence-corrected chi connectivity index (χ4v) is 2.82. The lowest BCUT2D eigenvalue weighted by molar-refractivity contribution is -0.385. The predicted molar refractivity (Wildman–Crippen MR) is 106 cm³/mol. The van der Waals surface area contributed by atoms with Crippen molar-refractivity contribution in [3.05, 3.63) is 75.3 Å². The summed E-state index contributed by atoms with van der Waals surface area (Å²) in [4.78, 5) is 34.8. The van der Waals surface area contributed by atoms with Gasteiger partial charge in [-0.3, -0.25) is 14.9 Å². The van der Waals surface area contributed by atoms with E-state index in [4.69, 9.17) is 14.2 Å². The van der Waals surface area contributed by atoms with Crippen molar-refractivity contribution in [1.82, 2.24) is 5.32 Å². The monoisotopic (exact) mass is 412 g/mol. The minimum atomic E-state index is -0.906. The SMILES string of the molecule is C[C@H](NC(=O)/C=C/c1ccccc1)C(=O)OCc1cc([N+](=O)[O-])cc2c1OCOC2. The van der Waals surface area contributed by atoms with Gasteiger partial charge in [0.05, 0.1) is 11.5 Å². The number of nitrogens with one attached hydrogen (secondary N) is 1. The van der Waals surface area contributed by atoms with Crippen molar-refractivity contribution in [2.24, 2.45) is 0 Å². The van der Waals surface area contributed by atoms with Crippen LogP contribution in [0.3, 0.4) is 0 Å². The third-order valence-electron chi connectivity index (χ3n) is 4.29. The zero-order valence-electron chi connectivity index (χ0n) is 16.2. The van der Waals surface area contributed by atoms with Crippen molar-refractivity contribution < 1.29 is 28.7 Å². The Kier molecular flexibility index (Phi) is 6.76. The molecule has 0 bridgehead atoms. The van der Waals surface area contributed by atoms with Crippen LogP contribution in [0.2, 0.25) is 0 Å². The summed E-state index contributed by atoms with van der Waals surface area (Å²) in [5.74, 6) is -0.720. The molecule has 2 aromatic carbocycles. The lowest BCUT2D eigenvalue weighted by Crippen LogP contribution is -2.38. The van der Waals surface area contributed by atoms with E-state index in [1.54, 1.807) is 6.08 Å². The van der Waals surface area contributed by atoms with Crippen LogP contribution in [-0.4, -0.2) is 29.6 Å². The van der Waals surface area contributed by atoms with E-state index < -0.39 is 22.8 Å². The van der Waals surface area contributed by atoms with Crippen LogP contribution in [-0.2, 0) is 32.3 Å². The van der Waals surface area contributed by atoms with E-state index in [0.717, 1.165) is 5.56 Å². The van der Waals surface area contributed by atoms with Gasteiger partial charge in [-0.1, -0.05) is 30.3 Å².